The number of aromatic amines is 1. The van der Waals surface area contributed by atoms with Crippen LogP contribution in [0.1, 0.15) is 40.8 Å². The van der Waals surface area contributed by atoms with Gasteiger partial charge in [-0.15, -0.1) is 0 Å². The van der Waals surface area contributed by atoms with Crippen molar-refractivity contribution in [3.05, 3.63) is 35.4 Å². The van der Waals surface area contributed by atoms with Crippen LogP contribution in [0.2, 0.25) is 0 Å². The fraction of sp³-hybridized carbons (Fsp3) is 0.533. The molecule has 3 rings (SSSR count). The van der Waals surface area contributed by atoms with Crippen molar-refractivity contribution in [2.24, 2.45) is 0 Å². The standard InChI is InChI=1S/C15H21N5O2/c1-10-14-17-8-12(4-7-22-3)20(14)6-5-19(10)15(21)13-9-16-11(2)18-13/h8-10H,4-7H2,1-3H3,(H,16,18)/t10-/m1/s1. The highest BCUT2D eigenvalue weighted by atomic mass is 16.5. The number of hydrogen-bond acceptors (Lipinski definition) is 4. The number of nitrogens with zero attached hydrogens (tertiary/aromatic N) is 4. The Balaban J connectivity index is 1.81. The van der Waals surface area contributed by atoms with Crippen molar-refractivity contribution in [3.63, 3.8) is 0 Å². The van der Waals surface area contributed by atoms with Crippen LogP contribution in [0.5, 0.6) is 0 Å². The number of aryl methyl sites for hydroxylation is 1. The maximum absolute atomic E-state index is 12.6. The first-order valence-electron chi connectivity index (χ1n) is 7.47. The minimum absolute atomic E-state index is 0.0270. The third-order valence-corrected chi connectivity index (χ3v) is 4.13. The number of carbonyl (C=O) groups is 1. The summed E-state index contributed by atoms with van der Waals surface area (Å²) in [6, 6.07) is -0.0545. The third kappa shape index (κ3) is 2.52. The van der Waals surface area contributed by atoms with Gasteiger partial charge in [0, 0.05) is 38.5 Å². The summed E-state index contributed by atoms with van der Waals surface area (Å²) in [6.07, 6.45) is 4.32. The summed E-state index contributed by atoms with van der Waals surface area (Å²) in [6.45, 7) is 5.96. The molecule has 0 radical (unpaired) electrons. The molecule has 0 bridgehead atoms. The van der Waals surface area contributed by atoms with Gasteiger partial charge in [0.25, 0.3) is 5.91 Å². The minimum atomic E-state index is -0.0545. The number of fused-ring (bicyclic) bond motifs is 1. The van der Waals surface area contributed by atoms with E-state index in [-0.39, 0.29) is 11.9 Å². The second kappa shape index (κ2) is 5.92. The number of nitrogens with one attached hydrogen (secondary N) is 1. The molecule has 0 unspecified atom stereocenters. The van der Waals surface area contributed by atoms with Gasteiger partial charge < -0.3 is 19.2 Å². The van der Waals surface area contributed by atoms with E-state index >= 15 is 0 Å². The Bertz CT molecular complexity index is 675. The smallest absolute Gasteiger partial charge is 0.272 e. The SMILES string of the molecule is COCCc1cnc2n1CCN(C(=O)c1cnc(C)[nH]1)[C@@H]2C. The van der Waals surface area contributed by atoms with Gasteiger partial charge in [-0.25, -0.2) is 9.97 Å². The van der Waals surface area contributed by atoms with Gasteiger partial charge in [-0.1, -0.05) is 0 Å². The van der Waals surface area contributed by atoms with Crippen molar-refractivity contribution in [2.75, 3.05) is 20.3 Å². The van der Waals surface area contributed by atoms with Crippen molar-refractivity contribution < 1.29 is 9.53 Å². The molecule has 0 fully saturated rings. The van der Waals surface area contributed by atoms with Crippen LogP contribution in [0.4, 0.5) is 0 Å². The maximum Gasteiger partial charge on any atom is 0.272 e. The van der Waals surface area contributed by atoms with E-state index in [9.17, 15) is 4.79 Å². The minimum Gasteiger partial charge on any atom is -0.384 e. The Morgan fingerprint density at radius 2 is 2.23 bits per heavy atom. The van der Waals surface area contributed by atoms with Gasteiger partial charge >= 0.3 is 0 Å². The molecule has 2 aromatic heterocycles. The summed E-state index contributed by atoms with van der Waals surface area (Å²) in [4.78, 5) is 26.1. The molecule has 1 aliphatic heterocycles. The van der Waals surface area contributed by atoms with E-state index in [0.29, 0.717) is 18.8 Å². The van der Waals surface area contributed by atoms with Gasteiger partial charge in [0.1, 0.15) is 17.3 Å². The molecule has 0 aliphatic carbocycles. The zero-order valence-electron chi connectivity index (χ0n) is 13.2. The van der Waals surface area contributed by atoms with Gasteiger partial charge in [0.2, 0.25) is 0 Å². The summed E-state index contributed by atoms with van der Waals surface area (Å²) >= 11 is 0. The normalized spacial score (nSPS) is 17.6. The molecule has 3 heterocycles. The molecule has 2 aromatic rings. The largest absolute Gasteiger partial charge is 0.384 e. The number of imidazole rings is 2. The highest BCUT2D eigenvalue weighted by Crippen LogP contribution is 2.26. The zero-order chi connectivity index (χ0) is 15.7. The van der Waals surface area contributed by atoms with Gasteiger partial charge in [0.15, 0.2) is 0 Å². The molecular weight excluding hydrogens is 282 g/mol. The first kappa shape index (κ1) is 14.8. The van der Waals surface area contributed by atoms with Crippen LogP contribution in [0, 0.1) is 6.92 Å². The number of amides is 1. The van der Waals surface area contributed by atoms with Crippen molar-refractivity contribution in [2.45, 2.75) is 32.9 Å². The van der Waals surface area contributed by atoms with Crippen molar-refractivity contribution in [3.8, 4) is 0 Å². The van der Waals surface area contributed by atoms with Crippen molar-refractivity contribution >= 4 is 5.91 Å². The van der Waals surface area contributed by atoms with Crippen LogP contribution in [-0.2, 0) is 17.7 Å². The molecule has 7 nitrogen and oxygen atoms in total. The van der Waals surface area contributed by atoms with Gasteiger partial charge in [-0.3, -0.25) is 4.79 Å². The average molecular weight is 303 g/mol. The lowest BCUT2D eigenvalue weighted by molar-refractivity contribution is 0.0630. The number of rotatable bonds is 4. The van der Waals surface area contributed by atoms with E-state index in [2.05, 4.69) is 19.5 Å². The molecule has 118 valence electrons. The van der Waals surface area contributed by atoms with Gasteiger partial charge in [0.05, 0.1) is 18.8 Å². The Labute approximate surface area is 129 Å². The molecule has 1 aliphatic rings. The van der Waals surface area contributed by atoms with Crippen LogP contribution in [0.3, 0.4) is 0 Å². The molecule has 1 N–H and O–H groups in total. The quantitative estimate of drug-likeness (QED) is 0.924. The topological polar surface area (TPSA) is 76.0 Å². The lowest BCUT2D eigenvalue weighted by atomic mass is 10.2. The highest BCUT2D eigenvalue weighted by molar-refractivity contribution is 5.92. The molecule has 0 aromatic carbocycles. The fourth-order valence-corrected chi connectivity index (χ4v) is 2.93. The van der Waals surface area contributed by atoms with E-state index in [1.54, 1.807) is 13.3 Å². The van der Waals surface area contributed by atoms with Gasteiger partial charge in [-0.2, -0.15) is 0 Å². The summed E-state index contributed by atoms with van der Waals surface area (Å²) in [5.74, 6) is 1.65. The molecule has 0 saturated heterocycles. The van der Waals surface area contributed by atoms with Crippen LogP contribution < -0.4 is 0 Å². The number of H-pyrrole nitrogens is 1. The number of carbonyl (C=O) groups excluding carboxylic acids is 1. The second-order valence-electron chi connectivity index (χ2n) is 5.56. The maximum atomic E-state index is 12.6. The van der Waals surface area contributed by atoms with E-state index < -0.39 is 0 Å². The van der Waals surface area contributed by atoms with Crippen LogP contribution in [0.25, 0.3) is 0 Å². The number of ether oxygens (including phenoxy) is 1. The lowest BCUT2D eigenvalue weighted by Gasteiger charge is -2.34. The van der Waals surface area contributed by atoms with Crippen molar-refractivity contribution in [1.29, 1.82) is 0 Å². The van der Waals surface area contributed by atoms with E-state index in [1.165, 1.54) is 0 Å². The molecule has 0 saturated carbocycles. The van der Waals surface area contributed by atoms with E-state index in [0.717, 1.165) is 30.3 Å². The number of aromatic nitrogens is 4. The molecular formula is C15H21N5O2. The van der Waals surface area contributed by atoms with Crippen LogP contribution in [0.15, 0.2) is 12.4 Å². The van der Waals surface area contributed by atoms with Crippen LogP contribution >= 0.6 is 0 Å². The van der Waals surface area contributed by atoms with Crippen molar-refractivity contribution in [1.82, 2.24) is 24.4 Å². The second-order valence-corrected chi connectivity index (χ2v) is 5.56. The fourth-order valence-electron chi connectivity index (χ4n) is 2.93. The first-order valence-corrected chi connectivity index (χ1v) is 7.47. The molecule has 22 heavy (non-hydrogen) atoms. The van der Waals surface area contributed by atoms with E-state index in [1.807, 2.05) is 24.9 Å². The van der Waals surface area contributed by atoms with Crippen LogP contribution in [-0.4, -0.2) is 50.6 Å². The summed E-state index contributed by atoms with van der Waals surface area (Å²) in [5.41, 5.74) is 1.69. The summed E-state index contributed by atoms with van der Waals surface area (Å²) in [5, 5.41) is 0. The molecule has 0 spiro atoms. The summed E-state index contributed by atoms with van der Waals surface area (Å²) < 4.78 is 7.34. The highest BCUT2D eigenvalue weighted by Gasteiger charge is 2.31. The Kier molecular flexibility index (Phi) is 3.98. The number of methoxy groups -OCH3 is 1. The molecule has 1 amide bonds. The number of hydrogen-bond donors (Lipinski definition) is 1. The Morgan fingerprint density at radius 1 is 1.41 bits per heavy atom. The first-order chi connectivity index (χ1) is 10.6. The summed E-state index contributed by atoms with van der Waals surface area (Å²) in [7, 11) is 1.70. The predicted molar refractivity (Wildman–Crippen MR) is 80.6 cm³/mol. The average Bonchev–Trinajstić information content (AvgIpc) is 3.12. The third-order valence-electron chi connectivity index (χ3n) is 4.13. The lowest BCUT2D eigenvalue weighted by Crippen LogP contribution is -2.41. The van der Waals surface area contributed by atoms with E-state index in [4.69, 9.17) is 4.74 Å². The molecule has 1 atom stereocenters. The Hall–Kier alpha value is -2.15. The monoisotopic (exact) mass is 303 g/mol. The van der Waals surface area contributed by atoms with Gasteiger partial charge in [-0.05, 0) is 13.8 Å². The Morgan fingerprint density at radius 3 is 2.91 bits per heavy atom. The predicted octanol–water partition coefficient (Wildman–Crippen LogP) is 1.32. The molecule has 7 heteroatoms. The zero-order valence-corrected chi connectivity index (χ0v) is 13.2.